The SMILES string of the molecule is CC1(c2ccccc2)CC2(C(=O)C=Cc3ccccc32)c2ccccc21. The van der Waals surface area contributed by atoms with Gasteiger partial charge in [-0.1, -0.05) is 91.9 Å². The molecule has 0 heterocycles. The first-order chi connectivity index (χ1) is 12.7. The number of allylic oxidation sites excluding steroid dienone is 1. The summed E-state index contributed by atoms with van der Waals surface area (Å²) in [7, 11) is 0. The second-order valence-corrected chi connectivity index (χ2v) is 7.61. The lowest BCUT2D eigenvalue weighted by molar-refractivity contribution is -0.118. The maximum absolute atomic E-state index is 13.4. The molecule has 0 radical (unpaired) electrons. The van der Waals surface area contributed by atoms with Crippen LogP contribution >= 0.6 is 0 Å². The Hall–Kier alpha value is -2.93. The zero-order valence-corrected chi connectivity index (χ0v) is 14.8. The predicted molar refractivity (Wildman–Crippen MR) is 105 cm³/mol. The Kier molecular flexibility index (Phi) is 3.12. The summed E-state index contributed by atoms with van der Waals surface area (Å²) < 4.78 is 0. The second-order valence-electron chi connectivity index (χ2n) is 7.61. The average molecular weight is 336 g/mol. The lowest BCUT2D eigenvalue weighted by Gasteiger charge is -2.35. The van der Waals surface area contributed by atoms with Crippen molar-refractivity contribution in [3.05, 3.63) is 113 Å². The Bertz CT molecular complexity index is 1050. The quantitative estimate of drug-likeness (QED) is 0.591. The lowest BCUT2D eigenvalue weighted by Crippen LogP contribution is -2.38. The van der Waals surface area contributed by atoms with E-state index in [2.05, 4.69) is 67.6 Å². The van der Waals surface area contributed by atoms with Crippen molar-refractivity contribution in [3.63, 3.8) is 0 Å². The molecule has 5 rings (SSSR count). The smallest absolute Gasteiger partial charge is 0.170 e. The molecule has 3 aromatic rings. The van der Waals surface area contributed by atoms with Crippen LogP contribution in [-0.4, -0.2) is 5.78 Å². The summed E-state index contributed by atoms with van der Waals surface area (Å²) in [6.07, 6.45) is 4.50. The highest BCUT2D eigenvalue weighted by Gasteiger charge is 2.55. The van der Waals surface area contributed by atoms with Crippen molar-refractivity contribution in [1.29, 1.82) is 0 Å². The van der Waals surface area contributed by atoms with Gasteiger partial charge in [0.15, 0.2) is 5.78 Å². The first-order valence-corrected chi connectivity index (χ1v) is 9.14. The molecule has 1 spiro atoms. The molecule has 2 unspecified atom stereocenters. The molecule has 0 saturated heterocycles. The molecule has 2 atom stereocenters. The Morgan fingerprint density at radius 2 is 1.31 bits per heavy atom. The number of ketones is 1. The number of hydrogen-bond donors (Lipinski definition) is 0. The topological polar surface area (TPSA) is 17.1 Å². The second kappa shape index (κ2) is 5.28. The van der Waals surface area contributed by atoms with Crippen LogP contribution in [0.2, 0.25) is 0 Å². The van der Waals surface area contributed by atoms with Crippen molar-refractivity contribution < 1.29 is 4.79 Å². The molecule has 2 aliphatic carbocycles. The van der Waals surface area contributed by atoms with Crippen molar-refractivity contribution in [2.24, 2.45) is 0 Å². The highest BCUT2D eigenvalue weighted by atomic mass is 16.1. The number of carbonyl (C=O) groups is 1. The molecule has 1 nitrogen and oxygen atoms in total. The van der Waals surface area contributed by atoms with Gasteiger partial charge in [0.25, 0.3) is 0 Å². The largest absolute Gasteiger partial charge is 0.293 e. The maximum atomic E-state index is 13.4. The van der Waals surface area contributed by atoms with Gasteiger partial charge in [-0.2, -0.15) is 0 Å². The minimum Gasteiger partial charge on any atom is -0.293 e. The molecule has 0 saturated carbocycles. The Morgan fingerprint density at radius 3 is 2.08 bits per heavy atom. The lowest BCUT2D eigenvalue weighted by atomic mass is 9.65. The summed E-state index contributed by atoms with van der Waals surface area (Å²) in [5.41, 5.74) is 5.21. The van der Waals surface area contributed by atoms with E-state index in [0.717, 1.165) is 23.1 Å². The van der Waals surface area contributed by atoms with E-state index < -0.39 is 5.41 Å². The zero-order valence-electron chi connectivity index (χ0n) is 14.8. The Labute approximate surface area is 154 Å². The van der Waals surface area contributed by atoms with Crippen LogP contribution in [0.15, 0.2) is 84.9 Å². The van der Waals surface area contributed by atoms with Gasteiger partial charge in [0, 0.05) is 5.41 Å². The number of fused-ring (bicyclic) bond motifs is 4. The predicted octanol–water partition coefficient (Wildman–Crippen LogP) is 5.28. The van der Waals surface area contributed by atoms with Crippen LogP contribution in [0.5, 0.6) is 0 Å². The summed E-state index contributed by atoms with van der Waals surface area (Å²) in [5.74, 6) is 0.198. The number of hydrogen-bond acceptors (Lipinski definition) is 1. The minimum absolute atomic E-state index is 0.189. The van der Waals surface area contributed by atoms with Gasteiger partial charge in [0.2, 0.25) is 0 Å². The summed E-state index contributed by atoms with van der Waals surface area (Å²) in [6, 6.07) is 27.4. The number of benzene rings is 3. The zero-order chi connectivity index (χ0) is 17.8. The van der Waals surface area contributed by atoms with Gasteiger partial charge in [0.1, 0.15) is 0 Å². The van der Waals surface area contributed by atoms with Gasteiger partial charge >= 0.3 is 0 Å². The van der Waals surface area contributed by atoms with Crippen LogP contribution in [0.25, 0.3) is 6.08 Å². The van der Waals surface area contributed by atoms with E-state index >= 15 is 0 Å². The molecule has 0 bridgehead atoms. The van der Waals surface area contributed by atoms with Gasteiger partial charge in [-0.05, 0) is 40.3 Å². The van der Waals surface area contributed by atoms with Gasteiger partial charge in [-0.25, -0.2) is 0 Å². The van der Waals surface area contributed by atoms with E-state index in [1.165, 1.54) is 11.1 Å². The molecular formula is C25H20O. The van der Waals surface area contributed by atoms with Gasteiger partial charge < -0.3 is 0 Å². The summed E-state index contributed by atoms with van der Waals surface area (Å²) in [5, 5.41) is 0. The fourth-order valence-electron chi connectivity index (χ4n) is 5.05. The van der Waals surface area contributed by atoms with Crippen LogP contribution < -0.4 is 0 Å². The van der Waals surface area contributed by atoms with Gasteiger partial charge in [0.05, 0.1) is 5.41 Å². The first kappa shape index (κ1) is 15.3. The van der Waals surface area contributed by atoms with E-state index in [4.69, 9.17) is 0 Å². The Morgan fingerprint density at radius 1 is 0.692 bits per heavy atom. The van der Waals surface area contributed by atoms with Crippen molar-refractivity contribution in [2.45, 2.75) is 24.2 Å². The van der Waals surface area contributed by atoms with Crippen LogP contribution in [0.4, 0.5) is 0 Å². The Balaban J connectivity index is 1.84. The first-order valence-electron chi connectivity index (χ1n) is 9.14. The van der Waals surface area contributed by atoms with Crippen molar-refractivity contribution >= 4 is 11.9 Å². The highest BCUT2D eigenvalue weighted by molar-refractivity contribution is 6.08. The van der Waals surface area contributed by atoms with E-state index in [0.29, 0.717) is 0 Å². The maximum Gasteiger partial charge on any atom is 0.170 e. The molecule has 26 heavy (non-hydrogen) atoms. The number of rotatable bonds is 1. The third-order valence-electron chi connectivity index (χ3n) is 6.27. The van der Waals surface area contributed by atoms with Crippen LogP contribution in [0.3, 0.4) is 0 Å². The third-order valence-corrected chi connectivity index (χ3v) is 6.27. The molecule has 3 aromatic carbocycles. The molecular weight excluding hydrogens is 316 g/mol. The van der Waals surface area contributed by atoms with Crippen molar-refractivity contribution in [2.75, 3.05) is 0 Å². The molecule has 0 amide bonds. The third kappa shape index (κ3) is 1.83. The normalized spacial score (nSPS) is 26.0. The molecule has 0 aliphatic heterocycles. The summed E-state index contributed by atoms with van der Waals surface area (Å²) >= 11 is 0. The summed E-state index contributed by atoms with van der Waals surface area (Å²) in [4.78, 5) is 13.4. The minimum atomic E-state index is -0.591. The molecule has 1 heteroatoms. The molecule has 126 valence electrons. The molecule has 0 N–H and O–H groups in total. The van der Waals surface area contributed by atoms with Gasteiger partial charge in [-0.15, -0.1) is 0 Å². The van der Waals surface area contributed by atoms with E-state index in [1.54, 1.807) is 6.08 Å². The van der Waals surface area contributed by atoms with Crippen LogP contribution in [-0.2, 0) is 15.6 Å². The average Bonchev–Trinajstić information content (AvgIpc) is 2.98. The fourth-order valence-corrected chi connectivity index (χ4v) is 5.05. The van der Waals surface area contributed by atoms with Gasteiger partial charge in [-0.3, -0.25) is 4.79 Å². The van der Waals surface area contributed by atoms with Crippen LogP contribution in [0.1, 0.15) is 41.2 Å². The van der Waals surface area contributed by atoms with Crippen molar-refractivity contribution in [1.82, 2.24) is 0 Å². The van der Waals surface area contributed by atoms with E-state index in [-0.39, 0.29) is 11.2 Å². The highest BCUT2D eigenvalue weighted by Crippen LogP contribution is 2.57. The standard InChI is InChI=1S/C25H20O/c1-24(19-10-3-2-4-11-19)17-25(22-14-8-7-13-21(22)24)20-12-6-5-9-18(20)15-16-23(25)26/h2-16H,17H2,1H3. The van der Waals surface area contributed by atoms with Crippen LogP contribution in [0, 0.1) is 0 Å². The van der Waals surface area contributed by atoms with E-state index in [9.17, 15) is 4.79 Å². The molecule has 0 aromatic heterocycles. The molecule has 2 aliphatic rings. The van der Waals surface area contributed by atoms with E-state index in [1.807, 2.05) is 24.3 Å². The fraction of sp³-hybridized carbons (Fsp3) is 0.160. The summed E-state index contributed by atoms with van der Waals surface area (Å²) in [6.45, 7) is 2.28. The monoisotopic (exact) mass is 336 g/mol. The number of carbonyl (C=O) groups excluding carboxylic acids is 1. The van der Waals surface area contributed by atoms with Crippen molar-refractivity contribution in [3.8, 4) is 0 Å². The molecule has 0 fully saturated rings.